The first kappa shape index (κ1) is 30.0. The maximum atomic E-state index is 8.52. The number of rotatable bonds is 13. The van der Waals surface area contributed by atoms with Crippen LogP contribution in [0.25, 0.3) is 12.2 Å². The molecule has 2 unspecified atom stereocenters. The summed E-state index contributed by atoms with van der Waals surface area (Å²) in [5.74, 6) is -1.53. The van der Waals surface area contributed by atoms with Crippen LogP contribution in [0.1, 0.15) is 93.0 Å². The van der Waals surface area contributed by atoms with Crippen LogP contribution in [0.15, 0.2) is 72.9 Å². The average Bonchev–Trinajstić information content (AvgIpc) is 3.47. The Hall–Kier alpha value is -0.920. The van der Waals surface area contributed by atoms with Gasteiger partial charge in [-0.25, -0.2) is 0 Å². The molecule has 0 heterocycles. The third kappa shape index (κ3) is 5.13. The van der Waals surface area contributed by atoms with Gasteiger partial charge in [-0.15, -0.1) is 0 Å². The van der Waals surface area contributed by atoms with Crippen molar-refractivity contribution in [2.75, 3.05) is 0 Å². The molecule has 2 aliphatic rings. The minimum absolute atomic E-state index is 0.182. The third-order valence-electron chi connectivity index (χ3n) is 9.06. The average molecular weight is 644 g/mol. The van der Waals surface area contributed by atoms with Gasteiger partial charge in [-0.3, -0.25) is 0 Å². The molecule has 0 N–H and O–H groups in total. The van der Waals surface area contributed by atoms with Gasteiger partial charge in [-0.2, -0.15) is 0 Å². The van der Waals surface area contributed by atoms with Gasteiger partial charge >= 0.3 is 242 Å². The number of allylic oxidation sites excluding steroid dienone is 4. The van der Waals surface area contributed by atoms with Crippen LogP contribution in [0.5, 0.6) is 0 Å². The Morgan fingerprint density at radius 1 is 0.763 bits per heavy atom. The first-order valence-electron chi connectivity index (χ1n) is 14.7. The molecular weight excluding hydrogens is 599 g/mol. The van der Waals surface area contributed by atoms with E-state index in [0.717, 1.165) is 25.7 Å². The zero-order valence-corrected chi connectivity index (χ0v) is 29.0. The van der Waals surface area contributed by atoms with Crippen LogP contribution in [-0.4, -0.2) is 5.92 Å². The normalized spacial score (nSPS) is 19.4. The van der Waals surface area contributed by atoms with Gasteiger partial charge in [0.2, 0.25) is 0 Å². The van der Waals surface area contributed by atoms with Crippen LogP contribution in [-0.2, 0) is 28.4 Å². The molecule has 0 amide bonds. The molecule has 0 saturated heterocycles. The molecule has 2 atom stereocenters. The van der Waals surface area contributed by atoms with Crippen LogP contribution < -0.4 is 0 Å². The van der Waals surface area contributed by atoms with E-state index in [1.165, 1.54) is 70.2 Å². The van der Waals surface area contributed by atoms with Gasteiger partial charge in [0.25, 0.3) is 0 Å². The fraction of sp³-hybridized carbons (Fsp3) is 0.412. The van der Waals surface area contributed by atoms with E-state index in [2.05, 4.69) is 88.6 Å². The molecule has 0 aliphatic heterocycles. The van der Waals surface area contributed by atoms with E-state index in [9.17, 15) is 0 Å². The van der Waals surface area contributed by atoms with Gasteiger partial charge in [-0.1, -0.05) is 0 Å². The van der Waals surface area contributed by atoms with Crippen molar-refractivity contribution in [2.45, 2.75) is 85.6 Å². The quantitative estimate of drug-likeness (QED) is 0.150. The van der Waals surface area contributed by atoms with Crippen molar-refractivity contribution < 1.29 is 15.6 Å². The van der Waals surface area contributed by atoms with Crippen molar-refractivity contribution in [1.29, 1.82) is 0 Å². The van der Waals surface area contributed by atoms with Crippen LogP contribution >= 0.6 is 17.0 Å². The van der Waals surface area contributed by atoms with Crippen molar-refractivity contribution in [3.8, 4) is 0 Å². The van der Waals surface area contributed by atoms with Gasteiger partial charge in [0.1, 0.15) is 0 Å². The van der Waals surface area contributed by atoms with E-state index in [-0.39, 0.29) is 7.25 Å². The zero-order valence-electron chi connectivity index (χ0n) is 23.8. The van der Waals surface area contributed by atoms with Gasteiger partial charge < -0.3 is 0 Å². The van der Waals surface area contributed by atoms with E-state index in [0.29, 0.717) is 0 Å². The number of hydrogen-bond acceptors (Lipinski definition) is 0. The standard InChI is InChI=1S/2C16H19.C2H7Si.2ClH.Zr/c2*1-3-5-8-13-11-15-10-6-9-14(7-4-2)16(15)12-13;1-3-2;;;/h2*4,6,9-12H,2-3,5,7-8H2,1H3;3H,1-2H3;2*1H;/q;;;;;+2/p-2. The van der Waals surface area contributed by atoms with Gasteiger partial charge in [0.15, 0.2) is 0 Å². The van der Waals surface area contributed by atoms with Crippen LogP contribution in [0.4, 0.5) is 0 Å². The number of benzene rings is 2. The predicted octanol–water partition coefficient (Wildman–Crippen LogP) is 11.1. The predicted molar refractivity (Wildman–Crippen MR) is 172 cm³/mol. The van der Waals surface area contributed by atoms with Gasteiger partial charge in [0, 0.05) is 0 Å². The Labute approximate surface area is 240 Å². The fourth-order valence-corrected chi connectivity index (χ4v) is 38.6. The summed E-state index contributed by atoms with van der Waals surface area (Å²) in [6, 6.07) is 13.7. The van der Waals surface area contributed by atoms with Crippen molar-refractivity contribution in [3.05, 3.63) is 106 Å². The van der Waals surface area contributed by atoms with Crippen LogP contribution in [0, 0.1) is 0 Å². The first-order chi connectivity index (χ1) is 18.2. The van der Waals surface area contributed by atoms with E-state index < -0.39 is 21.5 Å². The van der Waals surface area contributed by atoms with Crippen molar-refractivity contribution in [1.82, 2.24) is 0 Å². The molecule has 0 aromatic heterocycles. The SMILES string of the molecule is C=CCc1cccc2c1C=C(CCCC)[CH]2[Zr]([Cl])([Cl])([CH]1C(CCCC)=Cc2c(CC=C)cccc21)[SiH](C)C. The summed E-state index contributed by atoms with van der Waals surface area (Å²) in [5, 5.41) is 0. The Bertz CT molecular complexity index is 1180. The molecule has 38 heavy (non-hydrogen) atoms. The minimum atomic E-state index is -4.65. The number of unbranched alkanes of at least 4 members (excludes halogenated alkanes) is 2. The van der Waals surface area contributed by atoms with Crippen molar-refractivity contribution in [2.24, 2.45) is 0 Å². The molecule has 0 fully saturated rings. The molecule has 4 heteroatoms. The molecule has 0 spiro atoms. The van der Waals surface area contributed by atoms with E-state index in [1.807, 2.05) is 12.2 Å². The monoisotopic (exact) mass is 641 g/mol. The molecule has 0 radical (unpaired) electrons. The Morgan fingerprint density at radius 2 is 1.18 bits per heavy atom. The number of halogens is 2. The summed E-state index contributed by atoms with van der Waals surface area (Å²) in [6.07, 6.45) is 17.6. The first-order valence-corrected chi connectivity index (χ1v) is 31.0. The summed E-state index contributed by atoms with van der Waals surface area (Å²) in [5.41, 5.74) is 11.3. The molecule has 203 valence electrons. The zero-order chi connectivity index (χ0) is 27.5. The summed E-state index contributed by atoms with van der Waals surface area (Å²) in [4.78, 5) is 0. The number of fused-ring (bicyclic) bond motifs is 2. The van der Waals surface area contributed by atoms with Crippen LogP contribution in [0.2, 0.25) is 13.1 Å². The van der Waals surface area contributed by atoms with E-state index in [4.69, 9.17) is 17.0 Å². The summed E-state index contributed by atoms with van der Waals surface area (Å²) in [6.45, 7) is 17.6. The molecule has 0 saturated carbocycles. The van der Waals surface area contributed by atoms with E-state index in [1.54, 1.807) is 0 Å². The van der Waals surface area contributed by atoms with Gasteiger partial charge in [0.05, 0.1) is 0 Å². The second-order valence-corrected chi connectivity index (χ2v) is 54.2. The second-order valence-electron chi connectivity index (χ2n) is 11.7. The summed E-state index contributed by atoms with van der Waals surface area (Å²) in [7, 11) is 17.0. The number of hydrogen-bond donors (Lipinski definition) is 0. The fourth-order valence-electron chi connectivity index (χ4n) is 7.06. The molecule has 2 aromatic rings. The maximum absolute atomic E-state index is 8.52. The van der Waals surface area contributed by atoms with Crippen LogP contribution in [0.3, 0.4) is 0 Å². The topological polar surface area (TPSA) is 0 Å². The van der Waals surface area contributed by atoms with Gasteiger partial charge in [-0.05, 0) is 0 Å². The molecule has 0 bridgehead atoms. The molecule has 2 aromatic carbocycles. The summed E-state index contributed by atoms with van der Waals surface area (Å²) >= 11 is -4.65. The van der Waals surface area contributed by atoms with E-state index >= 15 is 0 Å². The van der Waals surface area contributed by atoms with Crippen molar-refractivity contribution >= 4 is 35.1 Å². The molecule has 0 nitrogen and oxygen atoms in total. The third-order valence-corrected chi connectivity index (χ3v) is 60.9. The molecule has 2 aliphatic carbocycles. The summed E-state index contributed by atoms with van der Waals surface area (Å²) < 4.78 is 0.364. The molecule has 4 rings (SSSR count). The Kier molecular flexibility index (Phi) is 9.73. The second kappa shape index (κ2) is 12.3. The Morgan fingerprint density at radius 3 is 1.53 bits per heavy atom. The Balaban J connectivity index is 2.00. The molecular formula is C34H45Cl2SiZr. The van der Waals surface area contributed by atoms with Crippen molar-refractivity contribution in [3.63, 3.8) is 0 Å².